The molecule has 1 aromatic rings. The van der Waals surface area contributed by atoms with Crippen LogP contribution in [0.25, 0.3) is 0 Å². The zero-order chi connectivity index (χ0) is 21.0. The van der Waals surface area contributed by atoms with E-state index in [1.54, 1.807) is 18.9 Å². The molecule has 0 saturated carbocycles. The number of carbonyl (C=O) groups excluding carboxylic acids is 2. The third-order valence-electron chi connectivity index (χ3n) is 5.83. The van der Waals surface area contributed by atoms with E-state index < -0.39 is 6.04 Å². The summed E-state index contributed by atoms with van der Waals surface area (Å²) in [4.78, 5) is 29.6. The lowest BCUT2D eigenvalue weighted by Gasteiger charge is -2.37. The fourth-order valence-electron chi connectivity index (χ4n) is 4.05. The number of nitrogens with one attached hydrogen (secondary N) is 1. The third-order valence-corrected chi connectivity index (χ3v) is 5.83. The lowest BCUT2D eigenvalue weighted by atomic mass is 9.92. The van der Waals surface area contributed by atoms with Crippen molar-refractivity contribution in [2.45, 2.75) is 52.0 Å². The van der Waals surface area contributed by atoms with E-state index in [0.29, 0.717) is 24.6 Å². The van der Waals surface area contributed by atoms with E-state index in [1.807, 2.05) is 12.1 Å². The molecule has 1 saturated heterocycles. The Morgan fingerprint density at radius 1 is 1.17 bits per heavy atom. The van der Waals surface area contributed by atoms with Gasteiger partial charge in [0.2, 0.25) is 0 Å². The quantitative estimate of drug-likeness (QED) is 0.739. The minimum absolute atomic E-state index is 0.192. The molecule has 3 rings (SSSR count). The number of amides is 2. The van der Waals surface area contributed by atoms with Crippen LogP contribution >= 0.6 is 0 Å². The smallest absolute Gasteiger partial charge is 0.338 e. The van der Waals surface area contributed by atoms with Gasteiger partial charge in [0, 0.05) is 19.3 Å². The number of benzene rings is 1. The Kier molecular flexibility index (Phi) is 6.96. The highest BCUT2D eigenvalue weighted by atomic mass is 16.5. The Morgan fingerprint density at radius 3 is 2.41 bits per heavy atom. The lowest BCUT2D eigenvalue weighted by molar-refractivity contribution is -0.139. The lowest BCUT2D eigenvalue weighted by Crippen LogP contribution is -2.49. The van der Waals surface area contributed by atoms with E-state index in [2.05, 4.69) is 36.2 Å². The summed E-state index contributed by atoms with van der Waals surface area (Å²) < 4.78 is 5.40. The summed E-state index contributed by atoms with van der Waals surface area (Å²) in [6.45, 7) is 8.96. The first kappa shape index (κ1) is 21.4. The highest BCUT2D eigenvalue weighted by Gasteiger charge is 2.37. The van der Waals surface area contributed by atoms with Crippen LogP contribution in [-0.2, 0) is 9.53 Å². The topological polar surface area (TPSA) is 61.9 Å². The van der Waals surface area contributed by atoms with Crippen LogP contribution in [0.5, 0.6) is 0 Å². The van der Waals surface area contributed by atoms with Gasteiger partial charge in [-0.25, -0.2) is 9.59 Å². The van der Waals surface area contributed by atoms with Crippen molar-refractivity contribution < 1.29 is 14.3 Å². The van der Waals surface area contributed by atoms with Crippen LogP contribution in [0.3, 0.4) is 0 Å². The van der Waals surface area contributed by atoms with Crippen molar-refractivity contribution in [1.29, 1.82) is 0 Å². The molecule has 2 aliphatic heterocycles. The van der Waals surface area contributed by atoms with Crippen molar-refractivity contribution in [3.8, 4) is 0 Å². The van der Waals surface area contributed by atoms with E-state index in [9.17, 15) is 9.59 Å². The van der Waals surface area contributed by atoms with Gasteiger partial charge in [0.1, 0.15) is 0 Å². The normalized spacial score (nSPS) is 20.8. The Hall–Kier alpha value is -2.34. The monoisotopic (exact) mass is 399 g/mol. The zero-order valence-electron chi connectivity index (χ0n) is 18.0. The molecule has 1 N–H and O–H groups in total. The summed E-state index contributed by atoms with van der Waals surface area (Å²) in [5.41, 5.74) is 3.40. The van der Waals surface area contributed by atoms with Gasteiger partial charge in [0.25, 0.3) is 0 Å². The molecule has 1 atom stereocenters. The van der Waals surface area contributed by atoms with Crippen molar-refractivity contribution in [3.05, 3.63) is 46.7 Å². The first-order chi connectivity index (χ1) is 13.9. The second-order valence-corrected chi connectivity index (χ2v) is 8.18. The first-order valence-corrected chi connectivity index (χ1v) is 10.7. The molecule has 0 bridgehead atoms. The predicted molar refractivity (Wildman–Crippen MR) is 114 cm³/mol. The minimum Gasteiger partial charge on any atom is -0.463 e. The first-order valence-electron chi connectivity index (χ1n) is 10.7. The van der Waals surface area contributed by atoms with Gasteiger partial charge in [-0.3, -0.25) is 9.80 Å². The van der Waals surface area contributed by atoms with E-state index in [4.69, 9.17) is 4.74 Å². The average molecular weight is 400 g/mol. The second-order valence-electron chi connectivity index (χ2n) is 8.18. The van der Waals surface area contributed by atoms with Crippen molar-refractivity contribution >= 4 is 12.0 Å². The summed E-state index contributed by atoms with van der Waals surface area (Å²) in [7, 11) is 1.73. The highest BCUT2D eigenvalue weighted by Crippen LogP contribution is 2.32. The number of hydrogen-bond acceptors (Lipinski definition) is 4. The molecule has 0 aliphatic carbocycles. The number of urea groups is 1. The second kappa shape index (κ2) is 9.44. The van der Waals surface area contributed by atoms with Gasteiger partial charge in [-0.05, 0) is 49.9 Å². The van der Waals surface area contributed by atoms with E-state index in [1.165, 1.54) is 12.0 Å². The number of likely N-dealkylation sites (tertiary alicyclic amines) is 1. The van der Waals surface area contributed by atoms with E-state index in [-0.39, 0.29) is 12.0 Å². The van der Waals surface area contributed by atoms with Gasteiger partial charge in [-0.15, -0.1) is 0 Å². The van der Waals surface area contributed by atoms with Crippen LogP contribution < -0.4 is 5.32 Å². The fraction of sp³-hybridized carbons (Fsp3) is 0.565. The van der Waals surface area contributed by atoms with Gasteiger partial charge >= 0.3 is 12.0 Å². The molecule has 1 aromatic carbocycles. The molecule has 158 valence electrons. The number of rotatable bonds is 6. The summed E-state index contributed by atoms with van der Waals surface area (Å²) in [5.74, 6) is 0.0650. The SMILES string of the molecule is CCOC(=O)C1=C(CN2CCCCC2)N(C)C(=O)NC1c1ccc(C(C)C)cc1. The zero-order valence-corrected chi connectivity index (χ0v) is 18.0. The molecule has 2 heterocycles. The molecular weight excluding hydrogens is 366 g/mol. The fourth-order valence-corrected chi connectivity index (χ4v) is 4.05. The molecule has 1 unspecified atom stereocenters. The maximum atomic E-state index is 13.0. The standard InChI is InChI=1S/C23H33N3O3/c1-5-29-22(27)20-19(15-26-13-7-6-8-14-26)25(4)23(28)24-21(20)18-11-9-17(10-12-18)16(2)3/h9-12,16,21H,5-8,13-15H2,1-4H3,(H,24,28). The van der Waals surface area contributed by atoms with Crippen molar-refractivity contribution in [2.75, 3.05) is 33.3 Å². The van der Waals surface area contributed by atoms with Gasteiger partial charge in [-0.1, -0.05) is 44.5 Å². The van der Waals surface area contributed by atoms with Crippen LogP contribution in [0.4, 0.5) is 4.79 Å². The number of likely N-dealkylation sites (N-methyl/N-ethyl adjacent to an activating group) is 1. The van der Waals surface area contributed by atoms with E-state index in [0.717, 1.165) is 37.2 Å². The molecule has 0 aromatic heterocycles. The predicted octanol–water partition coefficient (Wildman–Crippen LogP) is 3.81. The largest absolute Gasteiger partial charge is 0.463 e. The molecule has 2 aliphatic rings. The van der Waals surface area contributed by atoms with Crippen LogP contribution in [-0.4, -0.2) is 55.1 Å². The summed E-state index contributed by atoms with van der Waals surface area (Å²) in [5, 5.41) is 3.00. The summed E-state index contributed by atoms with van der Waals surface area (Å²) >= 11 is 0. The maximum Gasteiger partial charge on any atom is 0.338 e. The molecule has 0 spiro atoms. The Bertz CT molecular complexity index is 764. The van der Waals surface area contributed by atoms with Crippen molar-refractivity contribution in [3.63, 3.8) is 0 Å². The Labute approximate surface area is 173 Å². The van der Waals surface area contributed by atoms with Crippen LogP contribution in [0.1, 0.15) is 63.1 Å². The third kappa shape index (κ3) is 4.81. The highest BCUT2D eigenvalue weighted by molar-refractivity contribution is 5.95. The molecule has 2 amide bonds. The van der Waals surface area contributed by atoms with Gasteiger partial charge < -0.3 is 10.1 Å². The van der Waals surface area contributed by atoms with Crippen LogP contribution in [0.15, 0.2) is 35.5 Å². The molecule has 1 fully saturated rings. The average Bonchev–Trinajstić information content (AvgIpc) is 2.72. The van der Waals surface area contributed by atoms with Gasteiger partial charge in [0.05, 0.1) is 18.2 Å². The maximum absolute atomic E-state index is 13.0. The Balaban J connectivity index is 2.01. The number of hydrogen-bond donors (Lipinski definition) is 1. The molecule has 29 heavy (non-hydrogen) atoms. The van der Waals surface area contributed by atoms with Crippen molar-refractivity contribution in [1.82, 2.24) is 15.1 Å². The summed E-state index contributed by atoms with van der Waals surface area (Å²) in [6.07, 6.45) is 3.54. The Morgan fingerprint density at radius 2 is 1.83 bits per heavy atom. The number of ether oxygens (including phenoxy) is 1. The molecule has 6 nitrogen and oxygen atoms in total. The number of esters is 1. The number of piperidine rings is 1. The van der Waals surface area contributed by atoms with Crippen LogP contribution in [0.2, 0.25) is 0 Å². The molecular formula is C23H33N3O3. The van der Waals surface area contributed by atoms with Gasteiger partial charge in [-0.2, -0.15) is 0 Å². The van der Waals surface area contributed by atoms with Crippen LogP contribution in [0, 0.1) is 0 Å². The van der Waals surface area contributed by atoms with E-state index >= 15 is 0 Å². The molecule has 0 radical (unpaired) electrons. The van der Waals surface area contributed by atoms with Crippen molar-refractivity contribution in [2.24, 2.45) is 0 Å². The summed E-state index contributed by atoms with van der Waals surface area (Å²) in [6, 6.07) is 7.45. The number of nitrogens with zero attached hydrogens (tertiary/aromatic N) is 2. The minimum atomic E-state index is -0.501. The van der Waals surface area contributed by atoms with Gasteiger partial charge in [0.15, 0.2) is 0 Å². The number of carbonyl (C=O) groups is 2. The molecule has 6 heteroatoms.